The minimum absolute atomic E-state index is 0.111. The molecule has 0 saturated heterocycles. The van der Waals surface area contributed by atoms with E-state index in [-0.39, 0.29) is 15.7 Å². The number of hydrazone groups is 1. The lowest BCUT2D eigenvalue weighted by Gasteiger charge is -2.06. The van der Waals surface area contributed by atoms with Gasteiger partial charge in [-0.25, -0.2) is 9.82 Å². The van der Waals surface area contributed by atoms with Gasteiger partial charge in [0.25, 0.3) is 0 Å². The van der Waals surface area contributed by atoms with Crippen molar-refractivity contribution in [1.82, 2.24) is 5.43 Å². The number of hydrogen-bond donors (Lipinski definition) is 2. The van der Waals surface area contributed by atoms with Gasteiger partial charge in [0.2, 0.25) is 0 Å². The van der Waals surface area contributed by atoms with Crippen LogP contribution in [-0.4, -0.2) is 25.1 Å². The number of hydrogen-bond acceptors (Lipinski definition) is 4. The van der Waals surface area contributed by atoms with E-state index in [0.29, 0.717) is 11.3 Å². The average molecular weight is 384 g/mol. The maximum Gasteiger partial charge on any atom is 0.329 e. The van der Waals surface area contributed by atoms with Crippen molar-refractivity contribution in [3.05, 3.63) is 57.8 Å². The molecule has 2 aromatic carbocycles. The van der Waals surface area contributed by atoms with Crippen molar-refractivity contribution in [2.75, 3.05) is 12.4 Å². The quantitative estimate of drug-likeness (QED) is 0.483. The Morgan fingerprint density at radius 2 is 1.80 bits per heavy atom. The SMILES string of the molecule is COc1c(Cl)cc(/C=N\NC(=O)C(=O)Nc2ccccc2F)cc1Cl. The highest BCUT2D eigenvalue weighted by molar-refractivity contribution is 6.39. The maximum atomic E-state index is 13.4. The van der Waals surface area contributed by atoms with Gasteiger partial charge in [-0.3, -0.25) is 9.59 Å². The molecule has 0 unspecified atom stereocenters. The normalized spacial score (nSPS) is 10.6. The van der Waals surface area contributed by atoms with Crippen molar-refractivity contribution in [3.63, 3.8) is 0 Å². The molecule has 25 heavy (non-hydrogen) atoms. The fourth-order valence-corrected chi connectivity index (χ4v) is 2.47. The molecular weight excluding hydrogens is 372 g/mol. The van der Waals surface area contributed by atoms with Gasteiger partial charge in [0, 0.05) is 0 Å². The highest BCUT2D eigenvalue weighted by atomic mass is 35.5. The molecule has 0 saturated carbocycles. The van der Waals surface area contributed by atoms with Crippen molar-refractivity contribution in [3.8, 4) is 5.75 Å². The Hall–Kier alpha value is -2.64. The lowest BCUT2D eigenvalue weighted by Crippen LogP contribution is -2.32. The number of halogens is 3. The van der Waals surface area contributed by atoms with Gasteiger partial charge in [-0.2, -0.15) is 5.10 Å². The monoisotopic (exact) mass is 383 g/mol. The van der Waals surface area contributed by atoms with Crippen LogP contribution in [0.15, 0.2) is 41.5 Å². The first-order valence-electron chi connectivity index (χ1n) is 6.84. The Labute approximate surface area is 152 Å². The van der Waals surface area contributed by atoms with Crippen LogP contribution in [0.25, 0.3) is 0 Å². The average Bonchev–Trinajstić information content (AvgIpc) is 2.56. The number of nitrogens with one attached hydrogen (secondary N) is 2. The van der Waals surface area contributed by atoms with Gasteiger partial charge in [-0.1, -0.05) is 35.3 Å². The van der Waals surface area contributed by atoms with Crippen molar-refractivity contribution in [2.45, 2.75) is 0 Å². The van der Waals surface area contributed by atoms with Crippen LogP contribution in [0.3, 0.4) is 0 Å². The molecule has 0 radical (unpaired) electrons. The third-order valence-electron chi connectivity index (χ3n) is 2.93. The first-order valence-corrected chi connectivity index (χ1v) is 7.60. The van der Waals surface area contributed by atoms with Crippen molar-refractivity contribution in [1.29, 1.82) is 0 Å². The van der Waals surface area contributed by atoms with E-state index in [1.165, 1.54) is 43.7 Å². The minimum Gasteiger partial charge on any atom is -0.494 e. The molecule has 0 aliphatic heterocycles. The molecule has 130 valence electrons. The second kappa shape index (κ2) is 8.46. The summed E-state index contributed by atoms with van der Waals surface area (Å²) in [6, 6.07) is 8.49. The lowest BCUT2D eigenvalue weighted by molar-refractivity contribution is -0.136. The number of nitrogens with zero attached hydrogens (tertiary/aromatic N) is 1. The molecule has 0 heterocycles. The molecule has 2 N–H and O–H groups in total. The Bertz CT molecular complexity index is 820. The van der Waals surface area contributed by atoms with Crippen LogP contribution in [0.4, 0.5) is 10.1 Å². The number of anilines is 1. The Kier molecular flexibility index (Phi) is 6.32. The summed E-state index contributed by atoms with van der Waals surface area (Å²) in [7, 11) is 1.43. The molecule has 0 aromatic heterocycles. The van der Waals surface area contributed by atoms with Crippen LogP contribution in [0.2, 0.25) is 10.0 Å². The highest BCUT2D eigenvalue weighted by Crippen LogP contribution is 2.33. The number of ether oxygens (including phenoxy) is 1. The number of methoxy groups -OCH3 is 1. The van der Waals surface area contributed by atoms with Crippen LogP contribution in [0.1, 0.15) is 5.56 Å². The predicted molar refractivity (Wildman–Crippen MR) is 93.8 cm³/mol. The van der Waals surface area contributed by atoms with E-state index in [2.05, 4.69) is 10.4 Å². The summed E-state index contributed by atoms with van der Waals surface area (Å²) in [5, 5.41) is 6.29. The van der Waals surface area contributed by atoms with Crippen LogP contribution < -0.4 is 15.5 Å². The molecule has 0 bridgehead atoms. The number of benzene rings is 2. The van der Waals surface area contributed by atoms with E-state index in [9.17, 15) is 14.0 Å². The molecule has 2 rings (SSSR count). The van der Waals surface area contributed by atoms with Gasteiger partial charge >= 0.3 is 11.8 Å². The zero-order valence-corrected chi connectivity index (χ0v) is 14.4. The van der Waals surface area contributed by atoms with Crippen molar-refractivity contribution < 1.29 is 18.7 Å². The fraction of sp³-hybridized carbons (Fsp3) is 0.0625. The molecule has 0 fully saturated rings. The molecular formula is C16H12Cl2FN3O3. The summed E-state index contributed by atoms with van der Waals surface area (Å²) in [5.41, 5.74) is 2.38. The fourth-order valence-electron chi connectivity index (χ4n) is 1.81. The molecule has 0 aliphatic carbocycles. The number of carbonyl (C=O) groups excluding carboxylic acids is 2. The molecule has 0 aliphatic rings. The van der Waals surface area contributed by atoms with E-state index in [1.807, 2.05) is 5.43 Å². The van der Waals surface area contributed by atoms with Gasteiger partial charge < -0.3 is 10.1 Å². The van der Waals surface area contributed by atoms with Crippen LogP contribution in [-0.2, 0) is 9.59 Å². The Balaban J connectivity index is 1.98. The van der Waals surface area contributed by atoms with E-state index in [4.69, 9.17) is 27.9 Å². The molecule has 6 nitrogen and oxygen atoms in total. The van der Waals surface area contributed by atoms with E-state index in [1.54, 1.807) is 0 Å². The predicted octanol–water partition coefficient (Wildman–Crippen LogP) is 3.23. The number of amides is 2. The van der Waals surface area contributed by atoms with Crippen molar-refractivity contribution >= 4 is 46.9 Å². The largest absolute Gasteiger partial charge is 0.494 e. The summed E-state index contributed by atoms with van der Waals surface area (Å²) in [6.07, 6.45) is 1.24. The zero-order chi connectivity index (χ0) is 18.4. The third kappa shape index (κ3) is 4.91. The number of para-hydroxylation sites is 1. The molecule has 2 aromatic rings. The second-order valence-electron chi connectivity index (χ2n) is 4.65. The lowest BCUT2D eigenvalue weighted by atomic mass is 10.2. The Morgan fingerprint density at radius 1 is 1.16 bits per heavy atom. The summed E-state index contributed by atoms with van der Waals surface area (Å²) >= 11 is 11.9. The van der Waals surface area contributed by atoms with Gasteiger partial charge in [0.15, 0.2) is 5.75 Å². The zero-order valence-electron chi connectivity index (χ0n) is 12.8. The van der Waals surface area contributed by atoms with Crippen LogP contribution in [0, 0.1) is 5.82 Å². The van der Waals surface area contributed by atoms with Crippen LogP contribution >= 0.6 is 23.2 Å². The van der Waals surface area contributed by atoms with Gasteiger partial charge in [-0.05, 0) is 29.8 Å². The first-order chi connectivity index (χ1) is 11.9. The van der Waals surface area contributed by atoms with Crippen LogP contribution in [0.5, 0.6) is 5.75 Å². The standard InChI is InChI=1S/C16H12Cl2FN3O3/c1-25-14-10(17)6-9(7-11(14)18)8-20-22-16(24)15(23)21-13-5-3-2-4-12(13)19/h2-8H,1H3,(H,21,23)(H,22,24)/b20-8-. The minimum atomic E-state index is -1.06. The van der Waals surface area contributed by atoms with E-state index >= 15 is 0 Å². The highest BCUT2D eigenvalue weighted by Gasteiger charge is 2.14. The van der Waals surface area contributed by atoms with Gasteiger partial charge in [0.05, 0.1) is 29.1 Å². The summed E-state index contributed by atoms with van der Waals surface area (Å²) in [4.78, 5) is 23.3. The molecule has 2 amide bonds. The summed E-state index contributed by atoms with van der Waals surface area (Å²) in [6.45, 7) is 0. The van der Waals surface area contributed by atoms with Gasteiger partial charge in [0.1, 0.15) is 5.82 Å². The molecule has 0 atom stereocenters. The maximum absolute atomic E-state index is 13.4. The van der Waals surface area contributed by atoms with Crippen molar-refractivity contribution in [2.24, 2.45) is 5.10 Å². The Morgan fingerprint density at radius 3 is 2.40 bits per heavy atom. The van der Waals surface area contributed by atoms with Gasteiger partial charge in [-0.15, -0.1) is 0 Å². The topological polar surface area (TPSA) is 79.8 Å². The molecule has 0 spiro atoms. The smallest absolute Gasteiger partial charge is 0.329 e. The first kappa shape index (κ1) is 18.7. The van der Waals surface area contributed by atoms with E-state index in [0.717, 1.165) is 6.07 Å². The van der Waals surface area contributed by atoms with E-state index < -0.39 is 17.6 Å². The summed E-state index contributed by atoms with van der Waals surface area (Å²) in [5.74, 6) is -2.47. The number of carbonyl (C=O) groups is 2. The third-order valence-corrected chi connectivity index (χ3v) is 3.49. The second-order valence-corrected chi connectivity index (χ2v) is 5.47. The number of rotatable bonds is 4. The summed E-state index contributed by atoms with van der Waals surface area (Å²) < 4.78 is 18.4. The molecule has 9 heteroatoms.